The molecule has 6 heteroatoms. The zero-order chi connectivity index (χ0) is 18.1. The molecule has 0 spiro atoms. The van der Waals surface area contributed by atoms with E-state index in [4.69, 9.17) is 0 Å². The monoisotopic (exact) mass is 345 g/mol. The normalized spacial score (nSPS) is 19.2. The maximum absolute atomic E-state index is 12.7. The first-order chi connectivity index (χ1) is 11.9. The number of carbonyl (C=O) groups is 2. The van der Waals surface area contributed by atoms with E-state index >= 15 is 0 Å². The van der Waals surface area contributed by atoms with Crippen molar-refractivity contribution in [2.75, 3.05) is 7.05 Å². The average Bonchev–Trinajstić information content (AvgIpc) is 3.47. The number of aromatic nitrogens is 1. The number of nitrogens with zero attached hydrogens (tertiary/aromatic N) is 2. The topological polar surface area (TPSA) is 71.4 Å². The minimum absolute atomic E-state index is 0.0566. The molecule has 0 bridgehead atoms. The molecule has 6 nitrogen and oxygen atoms in total. The zero-order valence-corrected chi connectivity index (χ0v) is 15.2. The van der Waals surface area contributed by atoms with E-state index in [2.05, 4.69) is 5.32 Å². The van der Waals surface area contributed by atoms with Crippen LogP contribution in [0.4, 0.5) is 0 Å². The van der Waals surface area contributed by atoms with Gasteiger partial charge in [-0.25, -0.2) is 0 Å². The van der Waals surface area contributed by atoms with Crippen molar-refractivity contribution in [2.24, 2.45) is 11.8 Å². The SMILES string of the molecule is C[C@H](NC(=O)Cn1cccc(C(=O)N(C)[C@@H](C)C2CC2)c1=O)C1CC1. The third-order valence-corrected chi connectivity index (χ3v) is 5.52. The molecule has 2 aliphatic carbocycles. The Morgan fingerprint density at radius 2 is 1.88 bits per heavy atom. The summed E-state index contributed by atoms with van der Waals surface area (Å²) in [6.07, 6.45) is 6.13. The van der Waals surface area contributed by atoms with Crippen molar-refractivity contribution in [1.82, 2.24) is 14.8 Å². The van der Waals surface area contributed by atoms with Crippen molar-refractivity contribution < 1.29 is 9.59 Å². The third-order valence-electron chi connectivity index (χ3n) is 5.52. The summed E-state index contributed by atoms with van der Waals surface area (Å²) in [4.78, 5) is 39.1. The predicted molar refractivity (Wildman–Crippen MR) is 95.3 cm³/mol. The molecule has 1 N–H and O–H groups in total. The first kappa shape index (κ1) is 17.7. The number of pyridine rings is 1. The summed E-state index contributed by atoms with van der Waals surface area (Å²) in [5.41, 5.74) is -0.280. The van der Waals surface area contributed by atoms with Gasteiger partial charge in [-0.3, -0.25) is 14.4 Å². The van der Waals surface area contributed by atoms with Crippen LogP contribution >= 0.6 is 0 Å². The Labute approximate surface area is 148 Å². The van der Waals surface area contributed by atoms with Crippen LogP contribution in [0.5, 0.6) is 0 Å². The summed E-state index contributed by atoms with van der Waals surface area (Å²) in [5, 5.41) is 2.94. The van der Waals surface area contributed by atoms with E-state index < -0.39 is 5.56 Å². The summed E-state index contributed by atoms with van der Waals surface area (Å²) >= 11 is 0. The van der Waals surface area contributed by atoms with Crippen LogP contribution in [0.15, 0.2) is 23.1 Å². The average molecular weight is 345 g/mol. The quantitative estimate of drug-likeness (QED) is 0.816. The van der Waals surface area contributed by atoms with Gasteiger partial charge in [-0.15, -0.1) is 0 Å². The fourth-order valence-electron chi connectivity index (χ4n) is 3.26. The van der Waals surface area contributed by atoms with Gasteiger partial charge in [0.1, 0.15) is 12.1 Å². The number of rotatable bonds is 7. The summed E-state index contributed by atoms with van der Waals surface area (Å²) in [5.74, 6) is 0.636. The molecule has 2 atom stereocenters. The molecule has 2 amide bonds. The first-order valence-electron chi connectivity index (χ1n) is 9.14. The summed E-state index contributed by atoms with van der Waals surface area (Å²) in [6, 6.07) is 3.46. The minimum Gasteiger partial charge on any atom is -0.352 e. The largest absolute Gasteiger partial charge is 0.352 e. The molecule has 3 rings (SSSR count). The molecule has 0 unspecified atom stereocenters. The van der Waals surface area contributed by atoms with Gasteiger partial charge in [-0.1, -0.05) is 0 Å². The fourth-order valence-corrected chi connectivity index (χ4v) is 3.26. The van der Waals surface area contributed by atoms with E-state index in [0.29, 0.717) is 11.8 Å². The van der Waals surface area contributed by atoms with Crippen molar-refractivity contribution in [3.8, 4) is 0 Å². The van der Waals surface area contributed by atoms with Crippen LogP contribution in [-0.2, 0) is 11.3 Å². The van der Waals surface area contributed by atoms with Crippen LogP contribution in [0.25, 0.3) is 0 Å². The highest BCUT2D eigenvalue weighted by Crippen LogP contribution is 2.35. The molecule has 25 heavy (non-hydrogen) atoms. The minimum atomic E-state index is -0.406. The molecule has 2 saturated carbocycles. The molecule has 1 aromatic rings. The van der Waals surface area contributed by atoms with Crippen LogP contribution in [-0.4, -0.2) is 40.4 Å². The van der Waals surface area contributed by atoms with Crippen molar-refractivity contribution in [3.63, 3.8) is 0 Å². The number of amides is 2. The van der Waals surface area contributed by atoms with Gasteiger partial charge in [0.15, 0.2) is 0 Å². The maximum Gasteiger partial charge on any atom is 0.263 e. The number of hydrogen-bond acceptors (Lipinski definition) is 3. The Morgan fingerprint density at radius 1 is 1.24 bits per heavy atom. The van der Waals surface area contributed by atoms with E-state index in [-0.39, 0.29) is 36.0 Å². The van der Waals surface area contributed by atoms with Crippen molar-refractivity contribution in [1.29, 1.82) is 0 Å². The molecule has 0 radical (unpaired) electrons. The van der Waals surface area contributed by atoms with Gasteiger partial charge in [0.25, 0.3) is 11.5 Å². The van der Waals surface area contributed by atoms with Gasteiger partial charge < -0.3 is 14.8 Å². The first-order valence-corrected chi connectivity index (χ1v) is 9.14. The lowest BCUT2D eigenvalue weighted by Gasteiger charge is -2.24. The number of nitrogens with one attached hydrogen (secondary N) is 1. The molecule has 0 aliphatic heterocycles. The molecule has 0 aromatic carbocycles. The summed E-state index contributed by atoms with van der Waals surface area (Å²) in [6.45, 7) is 3.95. The molecular weight excluding hydrogens is 318 g/mol. The van der Waals surface area contributed by atoms with E-state index in [1.165, 1.54) is 4.57 Å². The van der Waals surface area contributed by atoms with Crippen LogP contribution in [0.3, 0.4) is 0 Å². The van der Waals surface area contributed by atoms with Crippen LogP contribution in [0, 0.1) is 11.8 Å². The highest BCUT2D eigenvalue weighted by molar-refractivity contribution is 5.94. The van der Waals surface area contributed by atoms with Crippen molar-refractivity contribution >= 4 is 11.8 Å². The van der Waals surface area contributed by atoms with Gasteiger partial charge in [-0.05, 0) is 63.5 Å². The molecule has 0 saturated heterocycles. The Balaban J connectivity index is 1.69. The van der Waals surface area contributed by atoms with Crippen LogP contribution in [0.2, 0.25) is 0 Å². The highest BCUT2D eigenvalue weighted by atomic mass is 16.2. The number of hydrogen-bond donors (Lipinski definition) is 1. The van der Waals surface area contributed by atoms with E-state index in [9.17, 15) is 14.4 Å². The van der Waals surface area contributed by atoms with E-state index in [1.807, 2.05) is 13.8 Å². The van der Waals surface area contributed by atoms with Crippen molar-refractivity contribution in [2.45, 2.75) is 58.2 Å². The second kappa shape index (κ2) is 7.02. The lowest BCUT2D eigenvalue weighted by atomic mass is 10.1. The second-order valence-electron chi connectivity index (χ2n) is 7.54. The second-order valence-corrected chi connectivity index (χ2v) is 7.54. The molecule has 1 aromatic heterocycles. The smallest absolute Gasteiger partial charge is 0.263 e. The van der Waals surface area contributed by atoms with Gasteiger partial charge >= 0.3 is 0 Å². The maximum atomic E-state index is 12.7. The van der Waals surface area contributed by atoms with Gasteiger partial charge in [-0.2, -0.15) is 0 Å². The van der Waals surface area contributed by atoms with E-state index in [0.717, 1.165) is 25.7 Å². The lowest BCUT2D eigenvalue weighted by Crippen LogP contribution is -2.42. The standard InChI is InChI=1S/C19H27N3O3/c1-12(14-6-7-14)20-17(23)11-22-10-4-5-16(19(22)25)18(24)21(3)13(2)15-8-9-15/h4-5,10,12-15H,6-9,11H2,1-3H3,(H,20,23)/t12-,13-/m0/s1. The lowest BCUT2D eigenvalue weighted by molar-refractivity contribution is -0.122. The summed E-state index contributed by atoms with van der Waals surface area (Å²) < 4.78 is 1.32. The summed E-state index contributed by atoms with van der Waals surface area (Å²) in [7, 11) is 1.74. The Hall–Kier alpha value is -2.11. The van der Waals surface area contributed by atoms with Crippen LogP contribution in [0.1, 0.15) is 49.9 Å². The number of carbonyl (C=O) groups excluding carboxylic acids is 2. The molecular formula is C19H27N3O3. The van der Waals surface area contributed by atoms with Gasteiger partial charge in [0.05, 0.1) is 0 Å². The Morgan fingerprint density at radius 3 is 2.48 bits per heavy atom. The van der Waals surface area contributed by atoms with Gasteiger partial charge in [0, 0.05) is 25.3 Å². The highest BCUT2D eigenvalue weighted by Gasteiger charge is 2.33. The van der Waals surface area contributed by atoms with Crippen LogP contribution < -0.4 is 10.9 Å². The zero-order valence-electron chi connectivity index (χ0n) is 15.2. The van der Waals surface area contributed by atoms with E-state index in [1.54, 1.807) is 30.3 Å². The molecule has 136 valence electrons. The molecule has 2 fully saturated rings. The Bertz CT molecular complexity index is 719. The fraction of sp³-hybridized carbons (Fsp3) is 0.632. The Kier molecular flexibility index (Phi) is 4.97. The molecule has 1 heterocycles. The van der Waals surface area contributed by atoms with Crippen molar-refractivity contribution in [3.05, 3.63) is 34.2 Å². The predicted octanol–water partition coefficient (Wildman–Crippen LogP) is 1.63. The molecule has 2 aliphatic rings. The third kappa shape index (κ3) is 4.11. The van der Waals surface area contributed by atoms with Gasteiger partial charge in [0.2, 0.25) is 5.91 Å².